The van der Waals surface area contributed by atoms with Crippen LogP contribution in [0, 0.1) is 5.82 Å². The van der Waals surface area contributed by atoms with E-state index in [9.17, 15) is 9.18 Å². The molecular weight excluding hydrogens is 399 g/mol. The number of halogens is 4. The number of carbonyl (C=O) groups is 1. The van der Waals surface area contributed by atoms with Gasteiger partial charge in [-0.2, -0.15) is 0 Å². The normalized spacial score (nSPS) is 10.5. The van der Waals surface area contributed by atoms with Crippen molar-refractivity contribution < 1.29 is 13.9 Å². The molecule has 82 valence electrons. The Labute approximate surface area is 112 Å². The number of carbonyl (C=O) groups excluding carboxylic acids is 1. The second kappa shape index (κ2) is 5.41. The molecule has 1 aromatic carbocycles. The lowest BCUT2D eigenvalue weighted by molar-refractivity contribution is 0.0594. The van der Waals surface area contributed by atoms with E-state index in [0.717, 1.165) is 0 Å². The molecule has 1 aromatic rings. The third kappa shape index (κ3) is 2.79. The summed E-state index contributed by atoms with van der Waals surface area (Å²) in [4.78, 5) is 11.3. The fraction of sp³-hybridized carbons (Fsp3) is 0.222. The highest BCUT2D eigenvalue weighted by Gasteiger charge is 2.21. The first kappa shape index (κ1) is 13.1. The van der Waals surface area contributed by atoms with Gasteiger partial charge in [0.1, 0.15) is 11.4 Å². The summed E-state index contributed by atoms with van der Waals surface area (Å²) in [6, 6.07) is 3.17. The van der Waals surface area contributed by atoms with Crippen molar-refractivity contribution in [2.45, 2.75) is 3.74 Å². The Morgan fingerprint density at radius 3 is 2.53 bits per heavy atom. The van der Waals surface area contributed by atoms with Gasteiger partial charge in [0.25, 0.3) is 0 Å². The fourth-order valence-electron chi connectivity index (χ4n) is 1.03. The van der Waals surface area contributed by atoms with Crippen LogP contribution in [0.1, 0.15) is 19.7 Å². The Hall–Kier alpha value is 0.0600. The molecule has 0 aliphatic rings. The molecule has 0 saturated carbocycles. The van der Waals surface area contributed by atoms with Crippen LogP contribution in [-0.2, 0) is 4.74 Å². The maximum atomic E-state index is 13.8. The van der Waals surface area contributed by atoms with Gasteiger partial charge in [-0.05, 0) is 22.0 Å². The summed E-state index contributed by atoms with van der Waals surface area (Å²) in [6.45, 7) is 0. The van der Waals surface area contributed by atoms with E-state index in [1.165, 1.54) is 7.11 Å². The topological polar surface area (TPSA) is 26.3 Å². The molecular formula is C9H6Br3FO2. The number of alkyl halides is 2. The first-order valence-electron chi connectivity index (χ1n) is 3.83. The molecule has 6 heteroatoms. The van der Waals surface area contributed by atoms with Gasteiger partial charge in [-0.15, -0.1) is 0 Å². The van der Waals surface area contributed by atoms with Gasteiger partial charge in [-0.25, -0.2) is 9.18 Å². The second-order valence-corrected chi connectivity index (χ2v) is 6.53. The lowest BCUT2D eigenvalue weighted by Gasteiger charge is -2.09. The van der Waals surface area contributed by atoms with Crippen LogP contribution in [0.5, 0.6) is 0 Å². The molecule has 0 amide bonds. The van der Waals surface area contributed by atoms with Gasteiger partial charge in [0.2, 0.25) is 0 Å². The van der Waals surface area contributed by atoms with Crippen molar-refractivity contribution in [3.05, 3.63) is 33.5 Å². The van der Waals surface area contributed by atoms with Crippen molar-refractivity contribution >= 4 is 53.8 Å². The lowest BCUT2D eigenvalue weighted by atomic mass is 10.1. The zero-order valence-electron chi connectivity index (χ0n) is 7.56. The summed E-state index contributed by atoms with van der Waals surface area (Å²) in [5.41, 5.74) is 0.248. The third-order valence-corrected chi connectivity index (χ3v) is 3.39. The number of esters is 1. The molecule has 15 heavy (non-hydrogen) atoms. The fourth-order valence-corrected chi connectivity index (χ4v) is 2.20. The Balaban J connectivity index is 3.36. The average molecular weight is 405 g/mol. The van der Waals surface area contributed by atoms with E-state index in [2.05, 4.69) is 52.5 Å². The van der Waals surface area contributed by atoms with Crippen LogP contribution in [0.25, 0.3) is 0 Å². The van der Waals surface area contributed by atoms with Crippen LogP contribution in [0.2, 0.25) is 0 Å². The molecule has 0 radical (unpaired) electrons. The van der Waals surface area contributed by atoms with Gasteiger partial charge >= 0.3 is 5.97 Å². The molecule has 0 unspecified atom stereocenters. The van der Waals surface area contributed by atoms with E-state index >= 15 is 0 Å². The summed E-state index contributed by atoms with van der Waals surface area (Å²) < 4.78 is 18.3. The minimum atomic E-state index is -0.707. The number of hydrogen-bond donors (Lipinski definition) is 0. The van der Waals surface area contributed by atoms with Crippen LogP contribution in [0.3, 0.4) is 0 Å². The molecule has 1 rings (SSSR count). The largest absolute Gasteiger partial charge is 0.465 e. The highest BCUT2D eigenvalue weighted by Crippen LogP contribution is 2.34. The summed E-state index contributed by atoms with van der Waals surface area (Å²) in [7, 11) is 1.21. The maximum Gasteiger partial charge on any atom is 0.342 e. The van der Waals surface area contributed by atoms with Crippen LogP contribution in [0.15, 0.2) is 16.6 Å². The van der Waals surface area contributed by atoms with Gasteiger partial charge in [-0.3, -0.25) is 0 Å². The number of methoxy groups -OCH3 is 1. The average Bonchev–Trinajstić information content (AvgIpc) is 2.16. The molecule has 2 nitrogen and oxygen atoms in total. The number of rotatable bonds is 2. The van der Waals surface area contributed by atoms with E-state index in [1.807, 2.05) is 0 Å². The van der Waals surface area contributed by atoms with E-state index in [-0.39, 0.29) is 9.30 Å². The molecule has 0 bridgehead atoms. The Bertz CT molecular complexity index is 393. The predicted molar refractivity (Wildman–Crippen MR) is 66.0 cm³/mol. The van der Waals surface area contributed by atoms with E-state index in [1.54, 1.807) is 12.1 Å². The summed E-state index contributed by atoms with van der Waals surface area (Å²) in [6.07, 6.45) is 0. The Morgan fingerprint density at radius 2 is 2.07 bits per heavy atom. The first-order valence-corrected chi connectivity index (χ1v) is 6.45. The zero-order chi connectivity index (χ0) is 11.6. The quantitative estimate of drug-likeness (QED) is 0.546. The van der Waals surface area contributed by atoms with E-state index in [4.69, 9.17) is 0 Å². The summed E-state index contributed by atoms with van der Waals surface area (Å²) in [5.74, 6) is -1.31. The van der Waals surface area contributed by atoms with Crippen molar-refractivity contribution in [1.82, 2.24) is 0 Å². The van der Waals surface area contributed by atoms with Crippen molar-refractivity contribution in [3.8, 4) is 0 Å². The Kier molecular flexibility index (Phi) is 4.73. The monoisotopic (exact) mass is 402 g/mol. The van der Waals surface area contributed by atoms with Gasteiger partial charge in [-0.1, -0.05) is 37.9 Å². The van der Waals surface area contributed by atoms with Gasteiger partial charge in [0, 0.05) is 10.0 Å². The van der Waals surface area contributed by atoms with Crippen molar-refractivity contribution in [1.29, 1.82) is 0 Å². The molecule has 0 spiro atoms. The molecule has 0 aliphatic heterocycles. The SMILES string of the molecule is COC(=O)c1c(Br)ccc(C(Br)Br)c1F. The molecule has 0 saturated heterocycles. The van der Waals surface area contributed by atoms with Gasteiger partial charge in [0.05, 0.1) is 10.8 Å². The maximum absolute atomic E-state index is 13.8. The van der Waals surface area contributed by atoms with E-state index in [0.29, 0.717) is 10.0 Å². The van der Waals surface area contributed by atoms with E-state index < -0.39 is 11.8 Å². The first-order chi connectivity index (χ1) is 6.99. The standard InChI is InChI=1S/C9H6Br3FO2/c1-15-9(14)6-5(10)3-2-4(7(6)13)8(11)12/h2-3,8H,1H3. The smallest absolute Gasteiger partial charge is 0.342 e. The van der Waals surface area contributed by atoms with Crippen molar-refractivity contribution in [2.75, 3.05) is 7.11 Å². The summed E-state index contributed by atoms with van der Waals surface area (Å²) in [5, 5.41) is 0. The summed E-state index contributed by atoms with van der Waals surface area (Å²) >= 11 is 9.44. The van der Waals surface area contributed by atoms with Gasteiger partial charge in [0.15, 0.2) is 0 Å². The van der Waals surface area contributed by atoms with Crippen LogP contribution >= 0.6 is 47.8 Å². The third-order valence-electron chi connectivity index (χ3n) is 1.75. The molecule has 0 fully saturated rings. The number of hydrogen-bond acceptors (Lipinski definition) is 2. The minimum Gasteiger partial charge on any atom is -0.465 e. The molecule has 0 heterocycles. The number of benzene rings is 1. The molecule has 0 N–H and O–H groups in total. The zero-order valence-corrected chi connectivity index (χ0v) is 12.3. The molecule has 0 aromatic heterocycles. The highest BCUT2D eigenvalue weighted by atomic mass is 79.9. The van der Waals surface area contributed by atoms with Crippen molar-refractivity contribution in [2.24, 2.45) is 0 Å². The lowest BCUT2D eigenvalue weighted by Crippen LogP contribution is -2.07. The second-order valence-electron chi connectivity index (χ2n) is 2.62. The molecule has 0 atom stereocenters. The van der Waals surface area contributed by atoms with Crippen LogP contribution in [0.4, 0.5) is 4.39 Å². The Morgan fingerprint density at radius 1 is 1.47 bits per heavy atom. The number of ether oxygens (including phenoxy) is 1. The van der Waals surface area contributed by atoms with Gasteiger partial charge < -0.3 is 4.74 Å². The minimum absolute atomic E-state index is 0.0982. The van der Waals surface area contributed by atoms with Crippen LogP contribution in [-0.4, -0.2) is 13.1 Å². The molecule has 0 aliphatic carbocycles. The highest BCUT2D eigenvalue weighted by molar-refractivity contribution is 9.24. The van der Waals surface area contributed by atoms with Crippen LogP contribution < -0.4 is 0 Å². The van der Waals surface area contributed by atoms with Crippen molar-refractivity contribution in [3.63, 3.8) is 0 Å². The predicted octanol–water partition coefficient (Wildman–Crippen LogP) is 4.16.